The van der Waals surface area contributed by atoms with Gasteiger partial charge in [-0.2, -0.15) is 0 Å². The monoisotopic (exact) mass is 529 g/mol. The Morgan fingerprint density at radius 1 is 1.13 bits per heavy atom. The van der Waals surface area contributed by atoms with Gasteiger partial charge in [0.05, 0.1) is 42.1 Å². The van der Waals surface area contributed by atoms with Gasteiger partial charge in [-0.25, -0.2) is 0 Å². The van der Waals surface area contributed by atoms with Crippen LogP contribution in [-0.4, -0.2) is 80.4 Å². The molecule has 0 aliphatic heterocycles. The van der Waals surface area contributed by atoms with Crippen molar-refractivity contribution in [1.29, 1.82) is 0 Å². The molecular weight excluding hydrogens is 498 g/mol. The van der Waals surface area contributed by atoms with E-state index in [0.29, 0.717) is 0 Å². The van der Waals surface area contributed by atoms with E-state index in [0.717, 1.165) is 0 Å². The van der Waals surface area contributed by atoms with Crippen LogP contribution in [-0.2, 0) is 16.0 Å². The standard InChI is InChI=1S/C27H31NO10/c1-11(29)22(31)15(28)7-8-38-17-10-27(36,12(2)30)9-14-19(17)26(35)21-20(24(14)33)23(32)13-5-4-6-16(37-3)18(13)25(21)34/h4-6,11,15,17,22,29,31,33,35-36H,7-10,28H2,1-3H3/t11-,15-,17-,22+,27-/m0/s1. The Bertz CT molecular complexity index is 1320. The van der Waals surface area contributed by atoms with E-state index in [2.05, 4.69) is 0 Å². The molecule has 2 aromatic carbocycles. The third-order valence-electron chi connectivity index (χ3n) is 7.43. The highest BCUT2D eigenvalue weighted by Gasteiger charge is 2.48. The highest BCUT2D eigenvalue weighted by atomic mass is 16.5. The maximum atomic E-state index is 13.6. The second-order valence-corrected chi connectivity index (χ2v) is 9.89. The van der Waals surface area contributed by atoms with Crippen molar-refractivity contribution in [3.8, 4) is 17.2 Å². The minimum absolute atomic E-state index is 0.0207. The summed E-state index contributed by atoms with van der Waals surface area (Å²) >= 11 is 0. The second kappa shape index (κ2) is 10.1. The SMILES string of the molecule is COc1cccc2c1C(=O)c1c(O)c3c(c(O)c1C2=O)C[C@@](O)(C(C)=O)C[C@@H]3OCC[C@H](N)[C@H](O)[C@H](C)O. The lowest BCUT2D eigenvalue weighted by Gasteiger charge is -2.38. The van der Waals surface area contributed by atoms with Gasteiger partial charge in [-0.15, -0.1) is 0 Å². The number of carbonyl (C=O) groups excluding carboxylic acids is 3. The zero-order chi connectivity index (χ0) is 28.1. The molecule has 5 atom stereocenters. The molecule has 2 aliphatic carbocycles. The Kier molecular flexibility index (Phi) is 7.34. The number of phenols is 2. The molecule has 0 radical (unpaired) electrons. The molecule has 38 heavy (non-hydrogen) atoms. The predicted octanol–water partition coefficient (Wildman–Crippen LogP) is 0.665. The van der Waals surface area contributed by atoms with Gasteiger partial charge in [0.2, 0.25) is 5.78 Å². The van der Waals surface area contributed by atoms with E-state index in [4.69, 9.17) is 15.2 Å². The topological polar surface area (TPSA) is 197 Å². The van der Waals surface area contributed by atoms with Crippen molar-refractivity contribution >= 4 is 17.3 Å². The highest BCUT2D eigenvalue weighted by molar-refractivity contribution is 6.31. The Morgan fingerprint density at radius 2 is 1.79 bits per heavy atom. The normalized spacial score (nSPS) is 22.7. The van der Waals surface area contributed by atoms with Crippen LogP contribution in [0.4, 0.5) is 0 Å². The van der Waals surface area contributed by atoms with Gasteiger partial charge < -0.3 is 40.7 Å². The average molecular weight is 530 g/mol. The first-order valence-electron chi connectivity index (χ1n) is 12.2. The second-order valence-electron chi connectivity index (χ2n) is 9.89. The zero-order valence-corrected chi connectivity index (χ0v) is 21.2. The summed E-state index contributed by atoms with van der Waals surface area (Å²) in [7, 11) is 1.33. The van der Waals surface area contributed by atoms with Crippen molar-refractivity contribution < 1.29 is 49.4 Å². The number of carbonyl (C=O) groups is 3. The van der Waals surface area contributed by atoms with Gasteiger partial charge in [-0.1, -0.05) is 12.1 Å². The van der Waals surface area contributed by atoms with E-state index < -0.39 is 76.4 Å². The van der Waals surface area contributed by atoms with Gasteiger partial charge in [-0.3, -0.25) is 14.4 Å². The number of hydrogen-bond donors (Lipinski definition) is 6. The molecule has 2 aromatic rings. The largest absolute Gasteiger partial charge is 0.507 e. The van der Waals surface area contributed by atoms with Crippen molar-refractivity contribution in [1.82, 2.24) is 0 Å². The number of fused-ring (bicyclic) bond motifs is 3. The fraction of sp³-hybridized carbons (Fsp3) is 0.444. The van der Waals surface area contributed by atoms with Crippen LogP contribution in [0.5, 0.6) is 17.2 Å². The molecule has 11 nitrogen and oxygen atoms in total. The molecule has 4 rings (SSSR count). The molecule has 0 bridgehead atoms. The summed E-state index contributed by atoms with van der Waals surface area (Å²) < 4.78 is 11.1. The number of aliphatic hydroxyl groups excluding tert-OH is 2. The number of aliphatic hydroxyl groups is 3. The van der Waals surface area contributed by atoms with Crippen LogP contribution in [0.25, 0.3) is 0 Å². The van der Waals surface area contributed by atoms with Crippen molar-refractivity contribution in [2.45, 2.75) is 63.1 Å². The summed E-state index contributed by atoms with van der Waals surface area (Å²) in [6.07, 6.45) is -4.15. The number of ketones is 3. The molecule has 204 valence electrons. The van der Waals surface area contributed by atoms with E-state index in [1.54, 1.807) is 0 Å². The lowest BCUT2D eigenvalue weighted by Crippen LogP contribution is -2.45. The van der Waals surface area contributed by atoms with Crippen LogP contribution in [0.2, 0.25) is 0 Å². The first-order valence-corrected chi connectivity index (χ1v) is 12.2. The number of phenolic OH excluding ortho intramolecular Hbond substituents is 2. The average Bonchev–Trinajstić information content (AvgIpc) is 2.87. The Hall–Kier alpha value is -3.35. The number of nitrogens with two attached hydrogens (primary N) is 1. The smallest absolute Gasteiger partial charge is 0.202 e. The molecule has 0 heterocycles. The number of Topliss-reactive ketones (excluding diaryl/α,β-unsaturated/α-hetero) is 1. The number of benzene rings is 2. The third kappa shape index (κ3) is 4.36. The van der Waals surface area contributed by atoms with E-state index in [9.17, 15) is 39.9 Å². The third-order valence-corrected chi connectivity index (χ3v) is 7.43. The van der Waals surface area contributed by atoms with Gasteiger partial charge in [0.1, 0.15) is 22.8 Å². The molecule has 2 aliphatic rings. The van der Waals surface area contributed by atoms with Gasteiger partial charge in [-0.05, 0) is 26.3 Å². The molecule has 11 heteroatoms. The zero-order valence-electron chi connectivity index (χ0n) is 21.2. The van der Waals surface area contributed by atoms with Gasteiger partial charge in [0.25, 0.3) is 0 Å². The summed E-state index contributed by atoms with van der Waals surface area (Å²) in [5, 5.41) is 53.3. The molecular formula is C27H31NO10. The van der Waals surface area contributed by atoms with Crippen molar-refractivity contribution in [2.24, 2.45) is 5.73 Å². The molecule has 0 spiro atoms. The fourth-order valence-corrected chi connectivity index (χ4v) is 5.20. The molecule has 7 N–H and O–H groups in total. The van der Waals surface area contributed by atoms with Crippen molar-refractivity contribution in [2.75, 3.05) is 13.7 Å². The molecule has 0 saturated heterocycles. The van der Waals surface area contributed by atoms with Gasteiger partial charge in [0, 0.05) is 42.2 Å². The van der Waals surface area contributed by atoms with Crippen molar-refractivity contribution in [3.63, 3.8) is 0 Å². The van der Waals surface area contributed by atoms with E-state index in [1.165, 1.54) is 39.2 Å². The Morgan fingerprint density at radius 3 is 2.39 bits per heavy atom. The van der Waals surface area contributed by atoms with Crippen LogP contribution in [0.15, 0.2) is 18.2 Å². The maximum Gasteiger partial charge on any atom is 0.202 e. The number of hydrogen-bond acceptors (Lipinski definition) is 11. The molecule has 0 saturated carbocycles. The Balaban J connectivity index is 1.83. The predicted molar refractivity (Wildman–Crippen MR) is 133 cm³/mol. The molecule has 0 amide bonds. The highest BCUT2D eigenvalue weighted by Crippen LogP contribution is 2.52. The summed E-state index contributed by atoms with van der Waals surface area (Å²) in [5.41, 5.74) is 2.86. The van der Waals surface area contributed by atoms with E-state index in [-0.39, 0.29) is 47.5 Å². The fourth-order valence-electron chi connectivity index (χ4n) is 5.20. The molecule has 0 fully saturated rings. The van der Waals surface area contributed by atoms with Crippen LogP contribution in [0.3, 0.4) is 0 Å². The van der Waals surface area contributed by atoms with E-state index >= 15 is 0 Å². The van der Waals surface area contributed by atoms with Gasteiger partial charge >= 0.3 is 0 Å². The maximum absolute atomic E-state index is 13.6. The van der Waals surface area contributed by atoms with Gasteiger partial charge in [0.15, 0.2) is 11.6 Å². The summed E-state index contributed by atoms with van der Waals surface area (Å²) in [5.74, 6) is -3.20. The summed E-state index contributed by atoms with van der Waals surface area (Å²) in [6.45, 7) is 2.43. The minimum Gasteiger partial charge on any atom is -0.507 e. The quantitative estimate of drug-likeness (QED) is 0.224. The summed E-state index contributed by atoms with van der Waals surface area (Å²) in [6, 6.07) is 3.55. The lowest BCUT2D eigenvalue weighted by molar-refractivity contribution is -0.141. The first-order chi connectivity index (χ1) is 17.8. The molecule has 0 aromatic heterocycles. The number of ether oxygens (including phenoxy) is 2. The number of rotatable bonds is 8. The minimum atomic E-state index is -1.99. The van der Waals surface area contributed by atoms with E-state index in [1.807, 2.05) is 0 Å². The summed E-state index contributed by atoms with van der Waals surface area (Å²) in [4.78, 5) is 39.4. The van der Waals surface area contributed by atoms with Crippen LogP contribution in [0.1, 0.15) is 75.8 Å². The van der Waals surface area contributed by atoms with Crippen LogP contribution in [0, 0.1) is 0 Å². The first kappa shape index (κ1) is 27.7. The van der Waals surface area contributed by atoms with Crippen LogP contribution < -0.4 is 10.5 Å². The molecule has 0 unspecified atom stereocenters. The lowest BCUT2D eigenvalue weighted by atomic mass is 9.72. The number of aromatic hydroxyl groups is 2. The van der Waals surface area contributed by atoms with Crippen LogP contribution >= 0.6 is 0 Å². The number of methoxy groups -OCH3 is 1. The Labute approximate surface area is 218 Å². The van der Waals surface area contributed by atoms with Crippen molar-refractivity contribution in [3.05, 3.63) is 51.6 Å².